The van der Waals surface area contributed by atoms with E-state index in [1.165, 1.54) is 6.33 Å². The van der Waals surface area contributed by atoms with Crippen LogP contribution in [0.3, 0.4) is 0 Å². The summed E-state index contributed by atoms with van der Waals surface area (Å²) in [6.45, 7) is 4.12. The number of nitrogens with zero attached hydrogens (tertiary/aromatic N) is 2. The number of aliphatic hydroxyl groups excluding tert-OH is 1. The fraction of sp³-hybridized carbons (Fsp3) is 0.600. The topological polar surface area (TPSA) is 96.1 Å². The highest BCUT2D eigenvalue weighted by atomic mass is 16.3. The number of aliphatic hydroxyl groups is 1. The van der Waals surface area contributed by atoms with Crippen LogP contribution in [0.25, 0.3) is 0 Å². The molecule has 0 saturated heterocycles. The van der Waals surface area contributed by atoms with Crippen LogP contribution in [-0.2, 0) is 0 Å². The van der Waals surface area contributed by atoms with Crippen LogP contribution in [0.5, 0.6) is 0 Å². The number of nitrogens with two attached hydrogens (primary N) is 1. The summed E-state index contributed by atoms with van der Waals surface area (Å²) >= 11 is 0. The first-order chi connectivity index (χ1) is 7.72. The Bertz CT molecular complexity index is 331. The van der Waals surface area contributed by atoms with E-state index in [9.17, 15) is 0 Å². The molecule has 0 fully saturated rings. The summed E-state index contributed by atoms with van der Waals surface area (Å²) in [5, 5.41) is 12.2. The summed E-state index contributed by atoms with van der Waals surface area (Å²) in [6, 6.07) is 0.212. The molecule has 1 rings (SSSR count). The lowest BCUT2D eigenvalue weighted by atomic mass is 10.1. The molecule has 0 aliphatic heterocycles. The molecule has 16 heavy (non-hydrogen) atoms. The van der Waals surface area contributed by atoms with Crippen LogP contribution in [-0.4, -0.2) is 27.7 Å². The van der Waals surface area contributed by atoms with Gasteiger partial charge in [-0.05, 0) is 19.8 Å². The van der Waals surface area contributed by atoms with Crippen LogP contribution in [0.2, 0.25) is 0 Å². The zero-order valence-electron chi connectivity index (χ0n) is 9.70. The number of hydrogen-bond donors (Lipinski definition) is 4. The van der Waals surface area contributed by atoms with Crippen molar-refractivity contribution in [2.45, 2.75) is 32.7 Å². The molecule has 1 unspecified atom stereocenters. The second kappa shape index (κ2) is 6.24. The Morgan fingerprint density at radius 1 is 1.44 bits per heavy atom. The Morgan fingerprint density at radius 2 is 2.12 bits per heavy atom. The van der Waals surface area contributed by atoms with Crippen molar-refractivity contribution in [3.05, 3.63) is 11.9 Å². The lowest BCUT2D eigenvalue weighted by Crippen LogP contribution is -2.22. The molecule has 0 aliphatic rings. The van der Waals surface area contributed by atoms with Crippen LogP contribution >= 0.6 is 0 Å². The van der Waals surface area contributed by atoms with Crippen molar-refractivity contribution >= 4 is 11.6 Å². The van der Waals surface area contributed by atoms with Crippen molar-refractivity contribution in [3.63, 3.8) is 0 Å². The molecule has 1 atom stereocenters. The molecule has 5 N–H and O–H groups in total. The molecular weight excluding hydrogens is 206 g/mol. The molecular formula is C10H19N5O. The minimum absolute atomic E-state index is 0.164. The van der Waals surface area contributed by atoms with Gasteiger partial charge >= 0.3 is 0 Å². The molecule has 0 aliphatic carbocycles. The van der Waals surface area contributed by atoms with E-state index in [-0.39, 0.29) is 12.6 Å². The highest BCUT2D eigenvalue weighted by molar-refractivity contribution is 5.56. The first-order valence-corrected chi connectivity index (χ1v) is 5.38. The lowest BCUT2D eigenvalue weighted by Gasteiger charge is -2.18. The van der Waals surface area contributed by atoms with Gasteiger partial charge in [0.2, 0.25) is 0 Å². The van der Waals surface area contributed by atoms with Crippen molar-refractivity contribution in [2.75, 3.05) is 17.3 Å². The zero-order chi connectivity index (χ0) is 12.0. The van der Waals surface area contributed by atoms with Crippen LogP contribution in [0.4, 0.5) is 11.6 Å². The average Bonchev–Trinajstić information content (AvgIpc) is 2.31. The molecule has 0 radical (unpaired) electrons. The van der Waals surface area contributed by atoms with E-state index < -0.39 is 0 Å². The smallest absolute Gasteiger partial charge is 0.148 e. The maximum Gasteiger partial charge on any atom is 0.148 e. The van der Waals surface area contributed by atoms with Crippen LogP contribution in [0.1, 0.15) is 25.3 Å². The van der Waals surface area contributed by atoms with E-state index in [1.54, 1.807) is 0 Å². The van der Waals surface area contributed by atoms with Gasteiger partial charge < -0.3 is 15.8 Å². The van der Waals surface area contributed by atoms with Crippen molar-refractivity contribution in [1.82, 2.24) is 9.97 Å². The summed E-state index contributed by atoms with van der Waals surface area (Å²) in [5.74, 6) is 6.69. The predicted octanol–water partition coefficient (Wildman–Crippen LogP) is 0.644. The van der Waals surface area contributed by atoms with E-state index in [1.807, 2.05) is 6.92 Å². The Hall–Kier alpha value is -1.40. The van der Waals surface area contributed by atoms with Gasteiger partial charge in [-0.15, -0.1) is 0 Å². The maximum atomic E-state index is 8.91. The third kappa shape index (κ3) is 3.04. The summed E-state index contributed by atoms with van der Waals surface area (Å²) in [7, 11) is 0. The summed E-state index contributed by atoms with van der Waals surface area (Å²) in [6.07, 6.45) is 3.08. The van der Waals surface area contributed by atoms with Gasteiger partial charge in [0.05, 0.1) is 0 Å². The second-order valence-electron chi connectivity index (χ2n) is 3.60. The number of nitrogen functional groups attached to an aromatic ring is 1. The van der Waals surface area contributed by atoms with Gasteiger partial charge in [0.25, 0.3) is 0 Å². The van der Waals surface area contributed by atoms with Gasteiger partial charge in [0.1, 0.15) is 18.0 Å². The number of hydrazine groups is 1. The number of rotatable bonds is 6. The number of nitrogens with one attached hydrogen (secondary N) is 2. The average molecular weight is 225 g/mol. The third-order valence-electron chi connectivity index (χ3n) is 2.53. The predicted molar refractivity (Wildman–Crippen MR) is 64.0 cm³/mol. The van der Waals surface area contributed by atoms with E-state index in [4.69, 9.17) is 10.9 Å². The van der Waals surface area contributed by atoms with E-state index in [2.05, 4.69) is 27.6 Å². The molecule has 0 aromatic carbocycles. The normalized spacial score (nSPS) is 12.2. The molecule has 0 amide bonds. The summed E-state index contributed by atoms with van der Waals surface area (Å²) < 4.78 is 0. The van der Waals surface area contributed by atoms with E-state index in [0.29, 0.717) is 12.2 Å². The molecule has 1 heterocycles. The number of hydrogen-bond acceptors (Lipinski definition) is 6. The Morgan fingerprint density at radius 3 is 2.69 bits per heavy atom. The van der Waals surface area contributed by atoms with Crippen LogP contribution < -0.4 is 16.6 Å². The maximum absolute atomic E-state index is 8.91. The largest absolute Gasteiger partial charge is 0.396 e. The molecule has 0 bridgehead atoms. The molecule has 6 heteroatoms. The minimum Gasteiger partial charge on any atom is -0.396 e. The van der Waals surface area contributed by atoms with Crippen molar-refractivity contribution in [2.24, 2.45) is 5.84 Å². The molecule has 1 aromatic rings. The van der Waals surface area contributed by atoms with Gasteiger partial charge in [-0.1, -0.05) is 6.92 Å². The molecule has 0 saturated carbocycles. The highest BCUT2D eigenvalue weighted by Crippen LogP contribution is 2.18. The Balaban J connectivity index is 2.79. The van der Waals surface area contributed by atoms with Gasteiger partial charge in [0, 0.05) is 18.2 Å². The monoisotopic (exact) mass is 225 g/mol. The van der Waals surface area contributed by atoms with Crippen molar-refractivity contribution in [1.29, 1.82) is 0 Å². The fourth-order valence-electron chi connectivity index (χ4n) is 1.47. The minimum atomic E-state index is 0.164. The first kappa shape index (κ1) is 12.7. The van der Waals surface area contributed by atoms with Crippen molar-refractivity contribution in [3.8, 4) is 0 Å². The number of anilines is 2. The SMILES string of the molecule is CCC(CCO)Nc1ncnc(NN)c1C. The van der Waals surface area contributed by atoms with Crippen LogP contribution in [0.15, 0.2) is 6.33 Å². The van der Waals surface area contributed by atoms with Crippen LogP contribution in [0, 0.1) is 6.92 Å². The quantitative estimate of drug-likeness (QED) is 0.419. The molecule has 6 nitrogen and oxygen atoms in total. The van der Waals surface area contributed by atoms with E-state index >= 15 is 0 Å². The Kier molecular flexibility index (Phi) is 4.94. The molecule has 1 aromatic heterocycles. The molecule has 90 valence electrons. The fourth-order valence-corrected chi connectivity index (χ4v) is 1.47. The van der Waals surface area contributed by atoms with Gasteiger partial charge in [-0.3, -0.25) is 0 Å². The second-order valence-corrected chi connectivity index (χ2v) is 3.60. The standard InChI is InChI=1S/C10H19N5O/c1-3-8(4-5-16)14-9-7(2)10(15-11)13-6-12-9/h6,8,16H,3-5,11H2,1-2H3,(H2,12,13,14,15). The highest BCUT2D eigenvalue weighted by Gasteiger charge is 2.10. The number of aromatic nitrogens is 2. The Labute approximate surface area is 95.3 Å². The lowest BCUT2D eigenvalue weighted by molar-refractivity contribution is 0.278. The van der Waals surface area contributed by atoms with Gasteiger partial charge in [-0.25, -0.2) is 15.8 Å². The third-order valence-corrected chi connectivity index (χ3v) is 2.53. The van der Waals surface area contributed by atoms with E-state index in [0.717, 1.165) is 17.8 Å². The summed E-state index contributed by atoms with van der Waals surface area (Å²) in [4.78, 5) is 8.16. The molecule has 0 spiro atoms. The van der Waals surface area contributed by atoms with Crippen molar-refractivity contribution < 1.29 is 5.11 Å². The van der Waals surface area contributed by atoms with Gasteiger partial charge in [-0.2, -0.15) is 0 Å². The first-order valence-electron chi connectivity index (χ1n) is 5.38. The van der Waals surface area contributed by atoms with Gasteiger partial charge in [0.15, 0.2) is 0 Å². The zero-order valence-corrected chi connectivity index (χ0v) is 9.70. The summed E-state index contributed by atoms with van der Waals surface area (Å²) in [5.41, 5.74) is 3.39.